The molecule has 6 heterocycles. The molecular weight excluding hydrogens is 1510 g/mol. The van der Waals surface area contributed by atoms with E-state index in [-0.39, 0.29) is 44.6 Å². The van der Waals surface area contributed by atoms with Crippen molar-refractivity contribution in [3.63, 3.8) is 0 Å². The Labute approximate surface area is 738 Å². The molecule has 0 spiro atoms. The zero-order chi connectivity index (χ0) is 87.0. The number of anilines is 6. The molecule has 0 saturated heterocycles. The van der Waals surface area contributed by atoms with Gasteiger partial charge in [-0.15, -0.1) is 0 Å². The summed E-state index contributed by atoms with van der Waals surface area (Å²) in [6.07, 6.45) is 0. The van der Waals surface area contributed by atoms with Gasteiger partial charge in [0.25, 0.3) is 6.71 Å². The number of aromatic nitrogens is 4. The Hall–Kier alpha value is -12.8. The zero-order valence-corrected chi connectivity index (χ0v) is 76.6. The molecule has 6 nitrogen and oxygen atoms in total. The van der Waals surface area contributed by atoms with E-state index in [1.54, 1.807) is 0 Å². The maximum atomic E-state index is 2.75. The van der Waals surface area contributed by atoms with Gasteiger partial charge in [0.2, 0.25) is 0 Å². The highest BCUT2D eigenvalue weighted by molar-refractivity contribution is 7.00. The van der Waals surface area contributed by atoms with Gasteiger partial charge >= 0.3 is 0 Å². The standard InChI is InChI=1S/C118H113BN6/c1-112(2,3)74-48-54-101(89(62-74)72-56-76(114(7,8)9)60-77(57-72)115(10,11)12)124-107-66-83(122-99-46-34-30-42-87(99)93-68-91-85-40-28-32-44-97(85)120(103(91)70-105(93)122)81-36-24-22-25-37-81)50-52-95(107)119-96-53-51-84(123-100-47-35-31-43-88(100)94-69-92-86-41-29-33-45-98(86)121(104(92)71-106(94)123)82-38-26-23-27-39-82)67-108(96)125(110-65-80(118(19,20)21)64-109(124)111(110)119)102-55-49-75(113(4,5)6)63-90(102)73-58-78(116(13,14)15)61-79(59-73)117(16,17)18/h22-71H,1-21H3. The van der Waals surface area contributed by atoms with Gasteiger partial charge in [0.05, 0.1) is 55.5 Å². The SMILES string of the molecule is CC(C)(C)c1cc(-c2cc(C(C)(C)C)ccc2N2c3cc(-n4c5ccccc5c5cc6c7ccccc7n(-c7ccccc7)c6cc54)ccc3B3c4ccc(-n5c6ccccc6c6cc7c8ccccc8n(-c8ccccc8)c7cc65)cc4N(c4ccc(C(C)(C)C)cc4-c4cc(C(C)(C)C)cc(C(C)(C)C)c4)c4cc(C(C)(C)C)cc2c43)cc(C(C)(C)C)c1. The highest BCUT2D eigenvalue weighted by Crippen LogP contribution is 2.54. The van der Waals surface area contributed by atoms with Crippen molar-refractivity contribution in [2.75, 3.05) is 9.80 Å². The molecule has 618 valence electrons. The lowest BCUT2D eigenvalue weighted by Crippen LogP contribution is -2.61. The van der Waals surface area contributed by atoms with Crippen LogP contribution < -0.4 is 26.2 Å². The Morgan fingerprint density at radius 3 is 0.768 bits per heavy atom. The summed E-state index contributed by atoms with van der Waals surface area (Å²) in [5.41, 5.74) is 37.0. The zero-order valence-electron chi connectivity index (χ0n) is 76.6. The first kappa shape index (κ1) is 79.4. The fourth-order valence-corrected chi connectivity index (χ4v) is 20.5. The van der Waals surface area contributed by atoms with Crippen LogP contribution in [0, 0.1) is 0 Å². The predicted molar refractivity (Wildman–Crippen MR) is 540 cm³/mol. The maximum Gasteiger partial charge on any atom is 0.252 e. The molecule has 0 aliphatic carbocycles. The summed E-state index contributed by atoms with van der Waals surface area (Å²) in [6.45, 7) is 49.8. The third kappa shape index (κ3) is 12.8. The van der Waals surface area contributed by atoms with Crippen LogP contribution in [-0.2, 0) is 37.9 Å². The monoisotopic (exact) mass is 1620 g/mol. The second-order valence-corrected chi connectivity index (χ2v) is 43.2. The lowest BCUT2D eigenvalue weighted by Gasteiger charge is -2.46. The van der Waals surface area contributed by atoms with Crippen LogP contribution in [0.4, 0.5) is 34.1 Å². The first-order valence-corrected chi connectivity index (χ1v) is 45.2. The van der Waals surface area contributed by atoms with Gasteiger partial charge in [-0.1, -0.05) is 315 Å². The predicted octanol–water partition coefficient (Wildman–Crippen LogP) is 30.6. The smallest absolute Gasteiger partial charge is 0.252 e. The molecule has 0 fully saturated rings. The number of benzene rings is 15. The molecule has 0 N–H and O–H groups in total. The molecule has 21 rings (SSSR count). The van der Waals surface area contributed by atoms with Gasteiger partial charge in [0.15, 0.2) is 0 Å². The van der Waals surface area contributed by atoms with Crippen LogP contribution in [0.5, 0.6) is 0 Å². The van der Waals surface area contributed by atoms with Gasteiger partial charge in [-0.3, -0.25) is 0 Å². The number of rotatable bonds is 8. The van der Waals surface area contributed by atoms with Crippen LogP contribution in [0.2, 0.25) is 0 Å². The third-order valence-electron chi connectivity index (χ3n) is 27.5. The van der Waals surface area contributed by atoms with Gasteiger partial charge in [0.1, 0.15) is 0 Å². The van der Waals surface area contributed by atoms with Gasteiger partial charge < -0.3 is 28.1 Å². The Kier molecular flexibility index (Phi) is 17.7. The van der Waals surface area contributed by atoms with Crippen molar-refractivity contribution in [2.45, 2.75) is 183 Å². The number of para-hydroxylation sites is 6. The van der Waals surface area contributed by atoms with Gasteiger partial charge in [-0.25, -0.2) is 0 Å². The van der Waals surface area contributed by atoms with E-state index in [4.69, 9.17) is 0 Å². The van der Waals surface area contributed by atoms with E-state index >= 15 is 0 Å². The summed E-state index contributed by atoms with van der Waals surface area (Å²) in [5.74, 6) is 0. The summed E-state index contributed by atoms with van der Waals surface area (Å²) in [4.78, 5) is 5.50. The van der Waals surface area contributed by atoms with Crippen molar-refractivity contribution in [3.05, 3.63) is 342 Å². The largest absolute Gasteiger partial charge is 0.311 e. The highest BCUT2D eigenvalue weighted by Gasteiger charge is 2.46. The quantitative estimate of drug-likeness (QED) is 0.142. The first-order valence-electron chi connectivity index (χ1n) is 45.2. The summed E-state index contributed by atoms with van der Waals surface area (Å²) < 4.78 is 10.1. The van der Waals surface area contributed by atoms with E-state index in [0.29, 0.717) is 0 Å². The molecule has 15 aromatic carbocycles. The molecule has 4 aromatic heterocycles. The Bertz CT molecular complexity index is 7180. The normalized spacial score (nSPS) is 13.6. The number of nitrogens with zero attached hydrogens (tertiary/aromatic N) is 6. The lowest BCUT2D eigenvalue weighted by atomic mass is 9.33. The summed E-state index contributed by atoms with van der Waals surface area (Å²) in [7, 11) is 0. The molecule has 0 atom stereocenters. The van der Waals surface area contributed by atoms with Gasteiger partial charge in [0, 0.05) is 99.7 Å². The van der Waals surface area contributed by atoms with Gasteiger partial charge in [-0.2, -0.15) is 0 Å². The number of fused-ring (bicyclic) bond motifs is 16. The van der Waals surface area contributed by atoms with Crippen LogP contribution in [0.15, 0.2) is 303 Å². The Morgan fingerprint density at radius 2 is 0.464 bits per heavy atom. The minimum absolute atomic E-state index is 0.151. The molecule has 125 heavy (non-hydrogen) atoms. The van der Waals surface area contributed by atoms with E-state index < -0.39 is 0 Å². The van der Waals surface area contributed by atoms with E-state index in [1.807, 2.05) is 0 Å². The molecule has 2 aliphatic heterocycles. The lowest BCUT2D eigenvalue weighted by molar-refractivity contribution is 0.568. The average molecular weight is 1630 g/mol. The van der Waals surface area contributed by atoms with Crippen molar-refractivity contribution < 1.29 is 0 Å². The third-order valence-corrected chi connectivity index (χ3v) is 27.5. The molecule has 19 aromatic rings. The molecule has 0 bridgehead atoms. The molecule has 0 unspecified atom stereocenters. The van der Waals surface area contributed by atoms with E-state index in [0.717, 1.165) is 67.6 Å². The van der Waals surface area contributed by atoms with Crippen molar-refractivity contribution >= 4 is 144 Å². The van der Waals surface area contributed by atoms with Crippen LogP contribution in [-0.4, -0.2) is 25.0 Å². The molecule has 2 aliphatic rings. The topological polar surface area (TPSA) is 26.2 Å². The molecule has 0 amide bonds. The molecule has 7 heteroatoms. The summed E-state index contributed by atoms with van der Waals surface area (Å²) in [6, 6.07) is 119. The highest BCUT2D eigenvalue weighted by atomic mass is 15.2. The summed E-state index contributed by atoms with van der Waals surface area (Å²) >= 11 is 0. The molecular formula is C118H113BN6. The van der Waals surface area contributed by atoms with Gasteiger partial charge in [-0.05, 0) is 238 Å². The van der Waals surface area contributed by atoms with Crippen molar-refractivity contribution in [1.29, 1.82) is 0 Å². The second-order valence-electron chi connectivity index (χ2n) is 43.2. The fraction of sp³-hybridized carbons (Fsp3) is 0.237. The molecule has 0 saturated carbocycles. The maximum absolute atomic E-state index is 2.75. The average Bonchev–Trinajstić information content (AvgIpc) is 0.697. The minimum atomic E-state index is -0.348. The van der Waals surface area contributed by atoms with Crippen LogP contribution in [0.3, 0.4) is 0 Å². The Morgan fingerprint density at radius 1 is 0.184 bits per heavy atom. The van der Waals surface area contributed by atoms with E-state index in [9.17, 15) is 0 Å². The van der Waals surface area contributed by atoms with Crippen LogP contribution in [0.1, 0.15) is 184 Å². The Balaban J connectivity index is 0.915. The van der Waals surface area contributed by atoms with Crippen molar-refractivity contribution in [3.8, 4) is 45.0 Å². The van der Waals surface area contributed by atoms with Crippen LogP contribution >= 0.6 is 0 Å². The minimum Gasteiger partial charge on any atom is -0.311 e. The second kappa shape index (κ2) is 27.8. The van der Waals surface area contributed by atoms with E-state index in [1.165, 1.54) is 154 Å². The van der Waals surface area contributed by atoms with E-state index in [2.05, 4.69) is 477 Å². The van der Waals surface area contributed by atoms with Crippen LogP contribution in [0.25, 0.3) is 132 Å². The fourth-order valence-electron chi connectivity index (χ4n) is 20.5. The number of hydrogen-bond acceptors (Lipinski definition) is 2. The van der Waals surface area contributed by atoms with Crippen molar-refractivity contribution in [1.82, 2.24) is 18.3 Å². The summed E-state index contributed by atoms with van der Waals surface area (Å²) in [5, 5.41) is 9.80. The molecule has 0 radical (unpaired) electrons. The van der Waals surface area contributed by atoms with Crippen molar-refractivity contribution in [2.24, 2.45) is 0 Å². The number of hydrogen-bond donors (Lipinski definition) is 0. The first-order chi connectivity index (χ1) is 59.4.